The molecule has 2 aromatic carbocycles. The van der Waals surface area contributed by atoms with Crippen LogP contribution in [0.5, 0.6) is 5.75 Å². The molecule has 0 saturated heterocycles. The van der Waals surface area contributed by atoms with Gasteiger partial charge in [-0.05, 0) is 57.2 Å². The van der Waals surface area contributed by atoms with Gasteiger partial charge >= 0.3 is 12.1 Å². The first-order chi connectivity index (χ1) is 18.0. The fourth-order valence-electron chi connectivity index (χ4n) is 4.09. The van der Waals surface area contributed by atoms with E-state index in [1.165, 1.54) is 29.2 Å². The molecule has 38 heavy (non-hydrogen) atoms. The Bertz CT molecular complexity index is 1140. The van der Waals surface area contributed by atoms with Crippen LogP contribution in [0.25, 0.3) is 0 Å². The number of aliphatic hydroxyl groups excluding tert-OH is 1. The van der Waals surface area contributed by atoms with E-state index < -0.39 is 24.0 Å². The third-order valence-corrected chi connectivity index (χ3v) is 6.25. The Morgan fingerprint density at radius 2 is 1.84 bits per heavy atom. The summed E-state index contributed by atoms with van der Waals surface area (Å²) in [6, 6.07) is 8.75. The average molecular weight is 530 g/mol. The first-order valence-corrected chi connectivity index (χ1v) is 12.6. The van der Waals surface area contributed by atoms with E-state index in [0.29, 0.717) is 12.2 Å². The van der Waals surface area contributed by atoms with E-state index >= 15 is 0 Å². The quantitative estimate of drug-likeness (QED) is 0.435. The Hall–Kier alpha value is -3.86. The predicted molar refractivity (Wildman–Crippen MR) is 143 cm³/mol. The molecule has 3 atom stereocenters. The number of nitrogens with zero attached hydrogens (tertiary/aromatic N) is 2. The molecule has 0 aromatic heterocycles. The third kappa shape index (κ3) is 7.12. The first-order valence-electron chi connectivity index (χ1n) is 12.6. The summed E-state index contributed by atoms with van der Waals surface area (Å²) < 4.78 is 19.6. The molecule has 1 aliphatic rings. The number of para-hydroxylation sites is 1. The maximum absolute atomic E-state index is 13.6. The van der Waals surface area contributed by atoms with Crippen LogP contribution >= 0.6 is 0 Å². The van der Waals surface area contributed by atoms with Crippen molar-refractivity contribution in [2.24, 2.45) is 5.92 Å². The van der Waals surface area contributed by atoms with Crippen LogP contribution in [-0.2, 0) is 0 Å². The van der Waals surface area contributed by atoms with Crippen LogP contribution in [0, 0.1) is 11.7 Å². The van der Waals surface area contributed by atoms with Crippen LogP contribution < -0.4 is 20.7 Å². The van der Waals surface area contributed by atoms with Crippen molar-refractivity contribution in [1.29, 1.82) is 0 Å². The van der Waals surface area contributed by atoms with Gasteiger partial charge in [0.25, 0.3) is 5.91 Å². The van der Waals surface area contributed by atoms with E-state index in [1.54, 1.807) is 37.1 Å². The number of rotatable bonds is 7. The van der Waals surface area contributed by atoms with E-state index in [0.717, 1.165) is 0 Å². The van der Waals surface area contributed by atoms with Crippen molar-refractivity contribution in [2.75, 3.05) is 37.4 Å². The molecule has 5 amide bonds. The van der Waals surface area contributed by atoms with Gasteiger partial charge in [0.2, 0.25) is 0 Å². The number of anilines is 2. The van der Waals surface area contributed by atoms with Gasteiger partial charge in [0, 0.05) is 31.2 Å². The summed E-state index contributed by atoms with van der Waals surface area (Å²) in [5, 5.41) is 18.0. The summed E-state index contributed by atoms with van der Waals surface area (Å²) in [7, 11) is 1.66. The standard InChI is InChI=1S/C27H36FN5O5/c1-16(2)29-27(37)32(5)14-23-17(3)13-33(18(4)15-34)25(35)21-7-6-8-22(24(21)38-23)31-26(36)30-20-11-9-19(28)10-12-20/h6-12,16-18,23,34H,13-15H2,1-5H3,(H,29,37)(H2,30,31,36)/t17-,18-,23+/m1/s1. The highest BCUT2D eigenvalue weighted by molar-refractivity contribution is 6.04. The Kier molecular flexibility index (Phi) is 9.51. The number of aliphatic hydroxyl groups is 1. The van der Waals surface area contributed by atoms with Gasteiger partial charge < -0.3 is 35.6 Å². The van der Waals surface area contributed by atoms with Crippen LogP contribution in [0.15, 0.2) is 42.5 Å². The second-order valence-corrected chi connectivity index (χ2v) is 9.88. The lowest BCUT2D eigenvalue weighted by atomic mass is 9.99. The maximum atomic E-state index is 13.6. The zero-order valence-corrected chi connectivity index (χ0v) is 22.3. The molecule has 4 N–H and O–H groups in total. The summed E-state index contributed by atoms with van der Waals surface area (Å²) in [4.78, 5) is 42.0. The number of amides is 5. The van der Waals surface area contributed by atoms with Crippen molar-refractivity contribution in [3.8, 4) is 5.75 Å². The van der Waals surface area contributed by atoms with Gasteiger partial charge in [-0.15, -0.1) is 0 Å². The number of hydrogen-bond donors (Lipinski definition) is 4. The maximum Gasteiger partial charge on any atom is 0.323 e. The number of carbonyl (C=O) groups excluding carboxylic acids is 3. The largest absolute Gasteiger partial charge is 0.485 e. The summed E-state index contributed by atoms with van der Waals surface area (Å²) in [6.07, 6.45) is -0.540. The van der Waals surface area contributed by atoms with Gasteiger partial charge in [-0.1, -0.05) is 13.0 Å². The van der Waals surface area contributed by atoms with E-state index in [2.05, 4.69) is 16.0 Å². The molecule has 206 valence electrons. The summed E-state index contributed by atoms with van der Waals surface area (Å²) in [6.45, 7) is 7.68. The molecule has 0 fully saturated rings. The number of hydrogen-bond acceptors (Lipinski definition) is 5. The fraction of sp³-hybridized carbons (Fsp3) is 0.444. The lowest BCUT2D eigenvalue weighted by molar-refractivity contribution is 0.0368. The number of halogens is 1. The zero-order chi connectivity index (χ0) is 28.0. The SMILES string of the molecule is CC(C)NC(=O)N(C)C[C@@H]1Oc2c(NC(=O)Nc3ccc(F)cc3)cccc2C(=O)N([C@H](C)CO)C[C@H]1C. The number of fused-ring (bicyclic) bond motifs is 1. The molecule has 0 bridgehead atoms. The van der Waals surface area contributed by atoms with Crippen molar-refractivity contribution in [1.82, 2.24) is 15.1 Å². The van der Waals surface area contributed by atoms with Crippen molar-refractivity contribution in [3.63, 3.8) is 0 Å². The molecule has 0 saturated carbocycles. The number of carbonyl (C=O) groups is 3. The Labute approximate surface area is 222 Å². The minimum Gasteiger partial charge on any atom is -0.485 e. The minimum atomic E-state index is -0.610. The molecular weight excluding hydrogens is 493 g/mol. The van der Waals surface area contributed by atoms with Crippen molar-refractivity contribution in [2.45, 2.75) is 45.9 Å². The van der Waals surface area contributed by atoms with Gasteiger partial charge in [0.15, 0.2) is 5.75 Å². The average Bonchev–Trinajstić information content (AvgIpc) is 2.86. The number of ether oxygens (including phenoxy) is 1. The molecular formula is C27H36FN5O5. The molecule has 10 nitrogen and oxygen atoms in total. The summed E-state index contributed by atoms with van der Waals surface area (Å²) in [5.41, 5.74) is 0.850. The van der Waals surface area contributed by atoms with E-state index in [1.807, 2.05) is 20.8 Å². The first kappa shape index (κ1) is 28.7. The second kappa shape index (κ2) is 12.6. The third-order valence-electron chi connectivity index (χ3n) is 6.25. The molecule has 3 rings (SSSR count). The van der Waals surface area contributed by atoms with Gasteiger partial charge in [-0.25, -0.2) is 14.0 Å². The van der Waals surface area contributed by atoms with Gasteiger partial charge in [0.1, 0.15) is 11.9 Å². The molecule has 0 spiro atoms. The Morgan fingerprint density at radius 3 is 2.47 bits per heavy atom. The summed E-state index contributed by atoms with van der Waals surface area (Å²) in [5.74, 6) is -0.839. The number of nitrogens with one attached hydrogen (secondary N) is 3. The highest BCUT2D eigenvalue weighted by atomic mass is 19.1. The topological polar surface area (TPSA) is 123 Å². The lowest BCUT2D eigenvalue weighted by Crippen LogP contribution is -2.51. The van der Waals surface area contributed by atoms with Crippen LogP contribution in [-0.4, -0.2) is 77.8 Å². The van der Waals surface area contributed by atoms with Crippen LogP contribution in [0.3, 0.4) is 0 Å². The van der Waals surface area contributed by atoms with Gasteiger partial charge in [-0.2, -0.15) is 0 Å². The molecule has 1 aliphatic heterocycles. The molecule has 2 aromatic rings. The van der Waals surface area contributed by atoms with Crippen LogP contribution in [0.1, 0.15) is 38.1 Å². The molecule has 11 heteroatoms. The second-order valence-electron chi connectivity index (χ2n) is 9.88. The smallest absolute Gasteiger partial charge is 0.323 e. The van der Waals surface area contributed by atoms with Crippen molar-refractivity contribution >= 4 is 29.3 Å². The van der Waals surface area contributed by atoms with Crippen molar-refractivity contribution < 1.29 is 28.6 Å². The monoisotopic (exact) mass is 529 g/mol. The Balaban J connectivity index is 1.95. The number of urea groups is 2. The number of benzene rings is 2. The minimum absolute atomic E-state index is 0.0460. The van der Waals surface area contributed by atoms with E-state index in [9.17, 15) is 23.9 Å². The van der Waals surface area contributed by atoms with Gasteiger partial charge in [-0.3, -0.25) is 4.79 Å². The van der Waals surface area contributed by atoms with Crippen LogP contribution in [0.2, 0.25) is 0 Å². The Morgan fingerprint density at radius 1 is 1.16 bits per heavy atom. The van der Waals surface area contributed by atoms with E-state index in [4.69, 9.17) is 4.74 Å². The lowest BCUT2D eigenvalue weighted by Gasteiger charge is -2.38. The predicted octanol–water partition coefficient (Wildman–Crippen LogP) is 3.74. The molecule has 0 radical (unpaired) electrons. The highest BCUT2D eigenvalue weighted by Crippen LogP contribution is 2.35. The zero-order valence-electron chi connectivity index (χ0n) is 22.3. The van der Waals surface area contributed by atoms with Gasteiger partial charge in [0.05, 0.1) is 30.4 Å². The highest BCUT2D eigenvalue weighted by Gasteiger charge is 2.35. The fourth-order valence-corrected chi connectivity index (χ4v) is 4.09. The normalized spacial score (nSPS) is 18.0. The summed E-state index contributed by atoms with van der Waals surface area (Å²) >= 11 is 0. The number of likely N-dealkylation sites (N-methyl/N-ethyl adjacent to an activating group) is 1. The van der Waals surface area contributed by atoms with E-state index in [-0.39, 0.29) is 54.1 Å². The molecule has 0 aliphatic carbocycles. The molecule has 1 heterocycles. The van der Waals surface area contributed by atoms with Crippen LogP contribution in [0.4, 0.5) is 25.4 Å². The van der Waals surface area contributed by atoms with Crippen molar-refractivity contribution in [3.05, 3.63) is 53.8 Å². The molecule has 0 unspecified atom stereocenters.